The number of hydrogen-bond donors (Lipinski definition) is 0. The van der Waals surface area contributed by atoms with Crippen molar-refractivity contribution in [1.29, 1.82) is 0 Å². The van der Waals surface area contributed by atoms with Crippen molar-refractivity contribution in [1.82, 2.24) is 9.29 Å². The van der Waals surface area contributed by atoms with E-state index in [1.807, 2.05) is 44.2 Å². The lowest BCUT2D eigenvalue weighted by atomic mass is 10.2. The molecule has 2 aromatic rings. The SMILES string of the molecule is CCN(C(=O)[C@H](C)Sc1ccc(S(=O)(=O)N(C)C)cn1)c1ccccc1. The highest BCUT2D eigenvalue weighted by atomic mass is 32.2. The Labute approximate surface area is 159 Å². The summed E-state index contributed by atoms with van der Waals surface area (Å²) < 4.78 is 25.3. The number of aromatic nitrogens is 1. The normalized spacial score (nSPS) is 12.8. The van der Waals surface area contributed by atoms with Gasteiger partial charge in [0.2, 0.25) is 15.9 Å². The number of benzene rings is 1. The lowest BCUT2D eigenvalue weighted by molar-refractivity contribution is -0.117. The zero-order valence-corrected chi connectivity index (χ0v) is 16.9. The first kappa shape index (κ1) is 20.4. The van der Waals surface area contributed by atoms with E-state index < -0.39 is 10.0 Å². The van der Waals surface area contributed by atoms with Gasteiger partial charge in [-0.25, -0.2) is 17.7 Å². The molecule has 0 radical (unpaired) electrons. The molecule has 1 aromatic heterocycles. The van der Waals surface area contributed by atoms with Gasteiger partial charge in [-0.1, -0.05) is 30.0 Å². The maximum absolute atomic E-state index is 12.8. The van der Waals surface area contributed by atoms with Gasteiger partial charge in [-0.2, -0.15) is 0 Å². The van der Waals surface area contributed by atoms with Crippen LogP contribution in [0.4, 0.5) is 5.69 Å². The highest BCUT2D eigenvalue weighted by molar-refractivity contribution is 8.00. The summed E-state index contributed by atoms with van der Waals surface area (Å²) in [4.78, 5) is 18.8. The highest BCUT2D eigenvalue weighted by Gasteiger charge is 2.23. The van der Waals surface area contributed by atoms with Crippen LogP contribution in [0.25, 0.3) is 0 Å². The number of rotatable bonds is 7. The molecule has 1 amide bonds. The molecular weight excluding hydrogens is 370 g/mol. The van der Waals surface area contributed by atoms with Crippen LogP contribution in [-0.2, 0) is 14.8 Å². The first-order valence-electron chi connectivity index (χ1n) is 8.19. The van der Waals surface area contributed by atoms with E-state index in [4.69, 9.17) is 0 Å². The van der Waals surface area contributed by atoms with Crippen LogP contribution in [0.3, 0.4) is 0 Å². The number of carbonyl (C=O) groups is 1. The number of sulfonamides is 1. The van der Waals surface area contributed by atoms with Gasteiger partial charge < -0.3 is 4.90 Å². The summed E-state index contributed by atoms with van der Waals surface area (Å²) in [5, 5.41) is 0.256. The monoisotopic (exact) mass is 393 g/mol. The molecule has 1 aromatic carbocycles. The van der Waals surface area contributed by atoms with Gasteiger partial charge in [0.1, 0.15) is 4.90 Å². The molecule has 1 heterocycles. The molecule has 0 aliphatic heterocycles. The molecule has 0 N–H and O–H groups in total. The fourth-order valence-corrected chi connectivity index (χ4v) is 4.02. The van der Waals surface area contributed by atoms with Crippen molar-refractivity contribution in [3.05, 3.63) is 48.7 Å². The van der Waals surface area contributed by atoms with E-state index in [1.54, 1.807) is 11.0 Å². The number of anilines is 1. The molecule has 0 saturated heterocycles. The predicted octanol–water partition coefficient (Wildman–Crippen LogP) is 2.87. The van der Waals surface area contributed by atoms with Gasteiger partial charge in [-0.15, -0.1) is 0 Å². The Morgan fingerprint density at radius 3 is 2.31 bits per heavy atom. The summed E-state index contributed by atoms with van der Waals surface area (Å²) in [5.74, 6) is -0.0181. The highest BCUT2D eigenvalue weighted by Crippen LogP contribution is 2.26. The van der Waals surface area contributed by atoms with Crippen molar-refractivity contribution in [2.24, 2.45) is 0 Å². The second-order valence-corrected chi connectivity index (χ2v) is 9.31. The molecule has 6 nitrogen and oxygen atoms in total. The maximum atomic E-state index is 12.8. The number of thioether (sulfide) groups is 1. The summed E-state index contributed by atoms with van der Waals surface area (Å²) in [7, 11) is -0.558. The van der Waals surface area contributed by atoms with Gasteiger partial charge >= 0.3 is 0 Å². The second kappa shape index (κ2) is 8.66. The number of hydrogen-bond acceptors (Lipinski definition) is 5. The van der Waals surface area contributed by atoms with Crippen LogP contribution in [0, 0.1) is 0 Å². The van der Waals surface area contributed by atoms with Gasteiger partial charge in [-0.05, 0) is 38.1 Å². The first-order valence-corrected chi connectivity index (χ1v) is 10.5. The van der Waals surface area contributed by atoms with E-state index in [2.05, 4.69) is 4.98 Å². The lowest BCUT2D eigenvalue weighted by Crippen LogP contribution is -2.36. The zero-order valence-electron chi connectivity index (χ0n) is 15.3. The minimum atomic E-state index is -3.51. The van der Waals surface area contributed by atoms with E-state index in [-0.39, 0.29) is 16.1 Å². The first-order chi connectivity index (χ1) is 12.3. The summed E-state index contributed by atoms with van der Waals surface area (Å²) >= 11 is 1.31. The molecule has 2 rings (SSSR count). The third-order valence-corrected chi connectivity index (χ3v) is 6.62. The van der Waals surface area contributed by atoms with Crippen LogP contribution >= 0.6 is 11.8 Å². The van der Waals surface area contributed by atoms with Crippen molar-refractivity contribution < 1.29 is 13.2 Å². The maximum Gasteiger partial charge on any atom is 0.244 e. The van der Waals surface area contributed by atoms with Crippen molar-refractivity contribution in [3.63, 3.8) is 0 Å². The summed E-state index contributed by atoms with van der Waals surface area (Å²) in [6, 6.07) is 12.6. The molecule has 0 fully saturated rings. The Morgan fingerprint density at radius 1 is 1.15 bits per heavy atom. The second-order valence-electron chi connectivity index (χ2n) is 5.80. The molecule has 140 valence electrons. The minimum absolute atomic E-state index is 0.0181. The third-order valence-electron chi connectivity index (χ3n) is 3.78. The van der Waals surface area contributed by atoms with Crippen molar-refractivity contribution in [2.45, 2.75) is 29.0 Å². The Hall–Kier alpha value is -1.90. The average molecular weight is 394 g/mol. The van der Waals surface area contributed by atoms with Crippen molar-refractivity contribution >= 4 is 33.4 Å². The van der Waals surface area contributed by atoms with Crippen LogP contribution in [-0.4, -0.2) is 49.5 Å². The summed E-state index contributed by atoms with van der Waals surface area (Å²) in [5.41, 5.74) is 0.854. The molecule has 0 spiro atoms. The number of pyridine rings is 1. The molecule has 1 atom stereocenters. The van der Waals surface area contributed by atoms with E-state index >= 15 is 0 Å². The molecule has 0 saturated carbocycles. The lowest BCUT2D eigenvalue weighted by Gasteiger charge is -2.24. The zero-order chi connectivity index (χ0) is 19.3. The van der Waals surface area contributed by atoms with Gasteiger partial charge in [0, 0.05) is 32.5 Å². The summed E-state index contributed by atoms with van der Waals surface area (Å²) in [6.45, 7) is 4.33. The van der Waals surface area contributed by atoms with Crippen LogP contribution in [0.15, 0.2) is 58.6 Å². The third kappa shape index (κ3) is 4.63. The van der Waals surface area contributed by atoms with E-state index in [1.165, 1.54) is 38.1 Å². The Balaban J connectivity index is 2.11. The molecule has 26 heavy (non-hydrogen) atoms. The standard InChI is InChI=1S/C18H23N3O3S2/c1-5-21(15-9-7-6-8-10-15)18(22)14(2)25-17-12-11-16(13-19-17)26(23,24)20(3)4/h6-14H,5H2,1-4H3/t14-/m0/s1. The molecule has 0 aliphatic rings. The van der Waals surface area contributed by atoms with Crippen LogP contribution in [0.1, 0.15) is 13.8 Å². The molecule has 0 aliphatic carbocycles. The van der Waals surface area contributed by atoms with E-state index in [9.17, 15) is 13.2 Å². The van der Waals surface area contributed by atoms with Gasteiger partial charge in [-0.3, -0.25) is 4.79 Å². The quantitative estimate of drug-likeness (QED) is 0.677. The average Bonchev–Trinajstić information content (AvgIpc) is 2.63. The Kier molecular flexibility index (Phi) is 6.80. The van der Waals surface area contributed by atoms with Gasteiger partial charge in [0.25, 0.3) is 0 Å². The van der Waals surface area contributed by atoms with Crippen LogP contribution < -0.4 is 4.90 Å². The number of nitrogens with zero attached hydrogens (tertiary/aromatic N) is 3. The molecule has 8 heteroatoms. The van der Waals surface area contributed by atoms with Gasteiger partial charge in [0.15, 0.2) is 0 Å². The molecule has 0 unspecified atom stereocenters. The molecular formula is C18H23N3O3S2. The predicted molar refractivity (Wildman–Crippen MR) is 105 cm³/mol. The minimum Gasteiger partial charge on any atom is -0.312 e. The summed E-state index contributed by atoms with van der Waals surface area (Å²) in [6.07, 6.45) is 1.32. The van der Waals surface area contributed by atoms with E-state index in [0.29, 0.717) is 11.6 Å². The fraction of sp³-hybridized carbons (Fsp3) is 0.333. The van der Waals surface area contributed by atoms with E-state index in [0.717, 1.165) is 9.99 Å². The number of carbonyl (C=O) groups excluding carboxylic acids is 1. The van der Waals surface area contributed by atoms with Crippen LogP contribution in [0.5, 0.6) is 0 Å². The van der Waals surface area contributed by atoms with Gasteiger partial charge in [0.05, 0.1) is 10.3 Å². The topological polar surface area (TPSA) is 70.6 Å². The number of amides is 1. The van der Waals surface area contributed by atoms with Crippen LogP contribution in [0.2, 0.25) is 0 Å². The number of para-hydroxylation sites is 1. The Morgan fingerprint density at radius 2 is 1.81 bits per heavy atom. The Bertz CT molecular complexity index is 838. The largest absolute Gasteiger partial charge is 0.312 e. The van der Waals surface area contributed by atoms with Crippen molar-refractivity contribution in [2.75, 3.05) is 25.5 Å². The smallest absolute Gasteiger partial charge is 0.244 e. The fourth-order valence-electron chi connectivity index (χ4n) is 2.32. The van der Waals surface area contributed by atoms with Crippen molar-refractivity contribution in [3.8, 4) is 0 Å². The molecule has 0 bridgehead atoms.